The first-order chi connectivity index (χ1) is 13.6. The van der Waals surface area contributed by atoms with Crippen molar-refractivity contribution in [1.82, 2.24) is 0 Å². The summed E-state index contributed by atoms with van der Waals surface area (Å²) in [6.07, 6.45) is 1.05. The van der Waals surface area contributed by atoms with Crippen molar-refractivity contribution >= 4 is 21.4 Å². The first-order valence-electron chi connectivity index (χ1n) is 10.00. The predicted molar refractivity (Wildman–Crippen MR) is 125 cm³/mol. The Balaban J connectivity index is 0.00000109. The molecule has 28 heavy (non-hydrogen) atoms. The molecule has 3 aromatic carbocycles. The third-order valence-corrected chi connectivity index (χ3v) is 6.30. The summed E-state index contributed by atoms with van der Waals surface area (Å²) < 4.78 is 1.35. The topological polar surface area (TPSA) is 20.2 Å². The highest BCUT2D eigenvalue weighted by Crippen LogP contribution is 2.39. The molecule has 4 rings (SSSR count). The van der Waals surface area contributed by atoms with Gasteiger partial charge in [0, 0.05) is 20.5 Å². The lowest BCUT2D eigenvalue weighted by molar-refractivity contribution is 0.467. The Bertz CT molecular complexity index is 1060. The van der Waals surface area contributed by atoms with Crippen LogP contribution < -0.4 is 0 Å². The Hall–Kier alpha value is -2.58. The van der Waals surface area contributed by atoms with Crippen LogP contribution in [0, 0.1) is 13.8 Å². The molecule has 0 fully saturated rings. The normalized spacial score (nSPS) is 10.6. The Morgan fingerprint density at radius 1 is 0.786 bits per heavy atom. The number of aromatic hydroxyl groups is 1. The molecule has 0 aliphatic rings. The van der Waals surface area contributed by atoms with Crippen molar-refractivity contribution in [3.8, 4) is 28.0 Å². The van der Waals surface area contributed by atoms with Gasteiger partial charge in [0.2, 0.25) is 0 Å². The van der Waals surface area contributed by atoms with Crippen LogP contribution in [0.2, 0.25) is 0 Å². The van der Waals surface area contributed by atoms with Gasteiger partial charge >= 0.3 is 0 Å². The van der Waals surface area contributed by atoms with Gasteiger partial charge in [-0.15, -0.1) is 11.3 Å². The Kier molecular flexibility index (Phi) is 6.21. The molecule has 1 N–H and O–H groups in total. The predicted octanol–water partition coefficient (Wildman–Crippen LogP) is 8.15. The minimum absolute atomic E-state index is 0.391. The summed E-state index contributed by atoms with van der Waals surface area (Å²) >= 11 is 1.90. The van der Waals surface area contributed by atoms with Gasteiger partial charge in [0.05, 0.1) is 0 Å². The van der Waals surface area contributed by atoms with Crippen molar-refractivity contribution in [3.63, 3.8) is 0 Å². The van der Waals surface area contributed by atoms with E-state index in [2.05, 4.69) is 67.6 Å². The third-order valence-electron chi connectivity index (χ3n) is 4.99. The summed E-state index contributed by atoms with van der Waals surface area (Å²) in [5, 5.41) is 11.4. The molecule has 0 amide bonds. The molecule has 144 valence electrons. The van der Waals surface area contributed by atoms with Crippen molar-refractivity contribution in [2.45, 2.75) is 41.0 Å². The fourth-order valence-electron chi connectivity index (χ4n) is 3.61. The maximum Gasteiger partial charge on any atom is 0.121 e. The van der Waals surface area contributed by atoms with E-state index in [1.165, 1.54) is 31.7 Å². The fraction of sp³-hybridized carbons (Fsp3) is 0.231. The molecule has 1 nitrogen and oxygen atoms in total. The van der Waals surface area contributed by atoms with Crippen molar-refractivity contribution < 1.29 is 5.11 Å². The zero-order valence-electron chi connectivity index (χ0n) is 17.3. The van der Waals surface area contributed by atoms with Crippen molar-refractivity contribution in [2.75, 3.05) is 0 Å². The van der Waals surface area contributed by atoms with Crippen LogP contribution in [0.25, 0.3) is 32.3 Å². The lowest BCUT2D eigenvalue weighted by Crippen LogP contribution is -1.86. The molecule has 1 aromatic heterocycles. The second-order valence-electron chi connectivity index (χ2n) is 6.79. The highest BCUT2D eigenvalue weighted by molar-refractivity contribution is 7.19. The zero-order valence-corrected chi connectivity index (χ0v) is 18.2. The number of hydrogen-bond acceptors (Lipinski definition) is 2. The highest BCUT2D eigenvalue weighted by atomic mass is 32.1. The molecular weight excluding hydrogens is 360 g/mol. The molecule has 0 bridgehead atoms. The summed E-state index contributed by atoms with van der Waals surface area (Å²) in [5.74, 6) is 0.391. The fourth-order valence-corrected chi connectivity index (χ4v) is 4.78. The van der Waals surface area contributed by atoms with Gasteiger partial charge in [0.1, 0.15) is 5.75 Å². The Morgan fingerprint density at radius 2 is 1.36 bits per heavy atom. The molecule has 0 unspecified atom stereocenters. The molecular formula is C26H28OS. The minimum atomic E-state index is 0.391. The van der Waals surface area contributed by atoms with Gasteiger partial charge in [-0.05, 0) is 66.3 Å². The monoisotopic (exact) mass is 388 g/mol. The van der Waals surface area contributed by atoms with E-state index < -0.39 is 0 Å². The smallest absolute Gasteiger partial charge is 0.121 e. The van der Waals surface area contributed by atoms with Crippen LogP contribution in [0.5, 0.6) is 5.75 Å². The number of benzene rings is 3. The minimum Gasteiger partial charge on any atom is -0.507 e. The van der Waals surface area contributed by atoms with Crippen LogP contribution in [-0.2, 0) is 6.42 Å². The van der Waals surface area contributed by atoms with Gasteiger partial charge in [-0.2, -0.15) is 0 Å². The second-order valence-corrected chi connectivity index (χ2v) is 7.92. The molecule has 1 heterocycles. The average Bonchev–Trinajstić information content (AvgIpc) is 3.12. The first-order valence-corrected chi connectivity index (χ1v) is 10.8. The quantitative estimate of drug-likeness (QED) is 0.375. The van der Waals surface area contributed by atoms with E-state index in [9.17, 15) is 5.11 Å². The lowest BCUT2D eigenvalue weighted by Gasteiger charge is -2.10. The van der Waals surface area contributed by atoms with E-state index in [1.807, 2.05) is 39.0 Å². The molecule has 2 heteroatoms. The number of phenols is 1. The number of fused-ring (bicyclic) bond motifs is 1. The van der Waals surface area contributed by atoms with Gasteiger partial charge in [-0.3, -0.25) is 0 Å². The first kappa shape index (κ1) is 20.2. The Labute approximate surface area is 172 Å². The van der Waals surface area contributed by atoms with E-state index in [0.717, 1.165) is 23.1 Å². The number of thiophene rings is 1. The van der Waals surface area contributed by atoms with Crippen LogP contribution >= 0.6 is 11.3 Å². The number of rotatable bonds is 3. The SMILES string of the molecule is CC.CCc1sc2ccccc2c1-c1ccc(-c2cc(C)c(O)c(C)c2)cc1. The van der Waals surface area contributed by atoms with E-state index in [-0.39, 0.29) is 0 Å². The molecule has 0 saturated heterocycles. The summed E-state index contributed by atoms with van der Waals surface area (Å²) in [5.41, 5.74) is 6.81. The van der Waals surface area contributed by atoms with Gasteiger partial charge in [0.15, 0.2) is 0 Å². The van der Waals surface area contributed by atoms with Crippen molar-refractivity contribution in [1.29, 1.82) is 0 Å². The van der Waals surface area contributed by atoms with E-state index in [1.54, 1.807) is 0 Å². The second kappa shape index (κ2) is 8.62. The molecule has 4 aromatic rings. The van der Waals surface area contributed by atoms with E-state index in [0.29, 0.717) is 5.75 Å². The molecule has 0 aliphatic heterocycles. The number of phenolic OH excluding ortho intramolecular Hbond substituents is 1. The van der Waals surface area contributed by atoms with Gasteiger partial charge in [-0.25, -0.2) is 0 Å². The van der Waals surface area contributed by atoms with Crippen LogP contribution in [0.4, 0.5) is 0 Å². The molecule has 0 radical (unpaired) electrons. The molecule has 0 atom stereocenters. The average molecular weight is 389 g/mol. The van der Waals surface area contributed by atoms with Crippen LogP contribution in [0.15, 0.2) is 60.7 Å². The summed E-state index contributed by atoms with van der Waals surface area (Å²) in [7, 11) is 0. The van der Waals surface area contributed by atoms with Crippen LogP contribution in [-0.4, -0.2) is 5.11 Å². The third kappa shape index (κ3) is 3.70. The van der Waals surface area contributed by atoms with E-state index >= 15 is 0 Å². The summed E-state index contributed by atoms with van der Waals surface area (Å²) in [4.78, 5) is 1.44. The van der Waals surface area contributed by atoms with Gasteiger partial charge in [0.25, 0.3) is 0 Å². The Morgan fingerprint density at radius 3 is 1.96 bits per heavy atom. The van der Waals surface area contributed by atoms with Crippen LogP contribution in [0.1, 0.15) is 36.8 Å². The highest BCUT2D eigenvalue weighted by Gasteiger charge is 2.13. The van der Waals surface area contributed by atoms with Crippen molar-refractivity contribution in [2.24, 2.45) is 0 Å². The largest absolute Gasteiger partial charge is 0.507 e. The van der Waals surface area contributed by atoms with E-state index in [4.69, 9.17) is 0 Å². The molecule has 0 spiro atoms. The molecule has 0 aliphatic carbocycles. The maximum atomic E-state index is 10.0. The number of aryl methyl sites for hydroxylation is 3. The van der Waals surface area contributed by atoms with Gasteiger partial charge in [-0.1, -0.05) is 63.2 Å². The molecule has 0 saturated carbocycles. The van der Waals surface area contributed by atoms with Crippen molar-refractivity contribution in [3.05, 3.63) is 76.7 Å². The number of hydrogen-bond donors (Lipinski definition) is 1. The standard InChI is InChI=1S/C24H22OS.C2H6/c1-4-21-23(20-7-5-6-8-22(20)26-21)18-11-9-17(10-12-18)19-13-15(2)24(25)16(3)14-19;1-2/h5-14,25H,4H2,1-3H3;1-2H3. The summed E-state index contributed by atoms with van der Waals surface area (Å²) in [6, 6.07) is 21.6. The van der Waals surface area contributed by atoms with Gasteiger partial charge < -0.3 is 5.11 Å². The van der Waals surface area contributed by atoms with Crippen LogP contribution in [0.3, 0.4) is 0 Å². The lowest BCUT2D eigenvalue weighted by atomic mass is 9.96. The zero-order chi connectivity index (χ0) is 20.3. The summed E-state index contributed by atoms with van der Waals surface area (Å²) in [6.45, 7) is 10.1. The maximum absolute atomic E-state index is 10.0.